The van der Waals surface area contributed by atoms with Crippen molar-refractivity contribution in [2.24, 2.45) is 0 Å². The average Bonchev–Trinajstić information content (AvgIpc) is 2.44. The largest absolute Gasteiger partial charge is 0.479 e. The van der Waals surface area contributed by atoms with Gasteiger partial charge in [0.05, 0.1) is 13.0 Å². The number of nitrogens with one attached hydrogen (secondary N) is 1. The topological polar surface area (TPSA) is 86.6 Å². The summed E-state index contributed by atoms with van der Waals surface area (Å²) in [5, 5.41) is 20.0. The number of hydrogen-bond acceptors (Lipinski definition) is 3. The number of carbonyl (C=O) groups is 2. The fourth-order valence-corrected chi connectivity index (χ4v) is 2.44. The van der Waals surface area contributed by atoms with Crippen molar-refractivity contribution in [2.45, 2.75) is 38.2 Å². The van der Waals surface area contributed by atoms with Crippen molar-refractivity contribution in [3.05, 3.63) is 34.9 Å². The van der Waals surface area contributed by atoms with Gasteiger partial charge >= 0.3 is 5.97 Å². The maximum absolute atomic E-state index is 11.7. The minimum atomic E-state index is -1.55. The van der Waals surface area contributed by atoms with E-state index in [4.69, 9.17) is 10.2 Å². The lowest BCUT2D eigenvalue weighted by molar-refractivity contribution is -0.146. The zero-order valence-corrected chi connectivity index (χ0v) is 11.3. The molecule has 0 spiro atoms. The van der Waals surface area contributed by atoms with Crippen LogP contribution in [-0.4, -0.2) is 34.7 Å². The molecular weight excluding hydrogens is 258 g/mol. The highest BCUT2D eigenvalue weighted by Gasteiger charge is 2.15. The molecule has 1 unspecified atom stereocenters. The van der Waals surface area contributed by atoms with Gasteiger partial charge in [0, 0.05) is 0 Å². The summed E-state index contributed by atoms with van der Waals surface area (Å²) in [6.07, 6.45) is 3.23. The van der Waals surface area contributed by atoms with Crippen molar-refractivity contribution in [2.75, 3.05) is 6.54 Å². The molecule has 5 heteroatoms. The van der Waals surface area contributed by atoms with Crippen molar-refractivity contribution in [3.8, 4) is 0 Å². The van der Waals surface area contributed by atoms with Gasteiger partial charge < -0.3 is 15.5 Å². The fourth-order valence-electron chi connectivity index (χ4n) is 2.44. The number of amides is 1. The van der Waals surface area contributed by atoms with Gasteiger partial charge in [0.15, 0.2) is 6.10 Å². The number of aryl methyl sites for hydroxylation is 2. The van der Waals surface area contributed by atoms with E-state index in [1.54, 1.807) is 0 Å². The van der Waals surface area contributed by atoms with Crippen LogP contribution in [0.2, 0.25) is 0 Å². The molecule has 1 aromatic rings. The highest BCUT2D eigenvalue weighted by molar-refractivity contribution is 5.80. The molecule has 3 N–H and O–H groups in total. The van der Waals surface area contributed by atoms with Crippen LogP contribution in [0.5, 0.6) is 0 Å². The van der Waals surface area contributed by atoms with E-state index in [0.29, 0.717) is 0 Å². The van der Waals surface area contributed by atoms with Gasteiger partial charge in [-0.1, -0.05) is 18.2 Å². The lowest BCUT2D eigenvalue weighted by Gasteiger charge is -2.16. The smallest absolute Gasteiger partial charge is 0.334 e. The molecule has 1 aliphatic rings. The van der Waals surface area contributed by atoms with Gasteiger partial charge in [-0.05, 0) is 42.4 Å². The first-order chi connectivity index (χ1) is 9.56. The molecule has 0 radical (unpaired) electrons. The number of carboxylic acids is 1. The normalized spacial score (nSPS) is 15.2. The van der Waals surface area contributed by atoms with Gasteiger partial charge in [-0.15, -0.1) is 0 Å². The third-order valence-corrected chi connectivity index (χ3v) is 3.56. The standard InChI is InChI=1S/C15H19NO4/c17-13(15(19)20)9-16-14(18)8-10-5-6-11-3-1-2-4-12(11)7-10/h5-7,13,17H,1-4,8-9H2,(H,16,18)(H,19,20). The number of aliphatic hydroxyl groups is 1. The monoisotopic (exact) mass is 277 g/mol. The van der Waals surface area contributed by atoms with E-state index in [1.165, 1.54) is 24.0 Å². The molecule has 1 atom stereocenters. The quantitative estimate of drug-likeness (QED) is 0.738. The van der Waals surface area contributed by atoms with Crippen LogP contribution in [0.3, 0.4) is 0 Å². The maximum atomic E-state index is 11.7. The SMILES string of the molecule is O=C(Cc1ccc2c(c1)CCCC2)NCC(O)C(=O)O. The highest BCUT2D eigenvalue weighted by Crippen LogP contribution is 2.22. The van der Waals surface area contributed by atoms with Crippen molar-refractivity contribution in [1.82, 2.24) is 5.32 Å². The van der Waals surface area contributed by atoms with Gasteiger partial charge in [0.25, 0.3) is 0 Å². The predicted octanol–water partition coefficient (Wildman–Crippen LogP) is 0.670. The summed E-state index contributed by atoms with van der Waals surface area (Å²) in [5.74, 6) is -1.61. The Labute approximate surface area is 117 Å². The maximum Gasteiger partial charge on any atom is 0.334 e. The Morgan fingerprint density at radius 2 is 1.90 bits per heavy atom. The van der Waals surface area contributed by atoms with Crippen LogP contribution in [0, 0.1) is 0 Å². The van der Waals surface area contributed by atoms with Crippen LogP contribution < -0.4 is 5.32 Å². The first-order valence-electron chi connectivity index (χ1n) is 6.84. The Morgan fingerprint density at radius 1 is 1.20 bits per heavy atom. The summed E-state index contributed by atoms with van der Waals surface area (Å²) < 4.78 is 0. The highest BCUT2D eigenvalue weighted by atomic mass is 16.4. The van der Waals surface area contributed by atoms with Crippen LogP contribution >= 0.6 is 0 Å². The van der Waals surface area contributed by atoms with Gasteiger partial charge in [0.2, 0.25) is 5.91 Å². The lowest BCUT2D eigenvalue weighted by Crippen LogP contribution is -2.37. The summed E-state index contributed by atoms with van der Waals surface area (Å²) in [5.41, 5.74) is 3.60. The number of aliphatic carboxylic acids is 1. The summed E-state index contributed by atoms with van der Waals surface area (Å²) in [7, 11) is 0. The Hall–Kier alpha value is -1.88. The molecule has 1 aromatic carbocycles. The van der Waals surface area contributed by atoms with Gasteiger partial charge in [-0.2, -0.15) is 0 Å². The molecule has 0 fully saturated rings. The second-order valence-corrected chi connectivity index (χ2v) is 5.15. The minimum Gasteiger partial charge on any atom is -0.479 e. The van der Waals surface area contributed by atoms with Crippen LogP contribution in [0.15, 0.2) is 18.2 Å². The summed E-state index contributed by atoms with van der Waals surface area (Å²) >= 11 is 0. The first kappa shape index (κ1) is 14.5. The number of carbonyl (C=O) groups excluding carboxylic acids is 1. The first-order valence-corrected chi connectivity index (χ1v) is 6.84. The van der Waals surface area contributed by atoms with E-state index in [2.05, 4.69) is 17.4 Å². The third kappa shape index (κ3) is 3.81. The number of benzene rings is 1. The zero-order chi connectivity index (χ0) is 14.5. The van der Waals surface area contributed by atoms with E-state index < -0.39 is 12.1 Å². The molecule has 0 aliphatic heterocycles. The minimum absolute atomic E-state index is 0.208. The van der Waals surface area contributed by atoms with Crippen molar-refractivity contribution in [1.29, 1.82) is 0 Å². The van der Waals surface area contributed by atoms with Crippen LogP contribution in [0.1, 0.15) is 29.5 Å². The number of fused-ring (bicyclic) bond motifs is 1. The zero-order valence-electron chi connectivity index (χ0n) is 11.3. The van der Waals surface area contributed by atoms with Crippen molar-refractivity contribution in [3.63, 3.8) is 0 Å². The van der Waals surface area contributed by atoms with Crippen LogP contribution in [0.25, 0.3) is 0 Å². The molecule has 108 valence electrons. The van der Waals surface area contributed by atoms with E-state index in [-0.39, 0.29) is 18.9 Å². The van der Waals surface area contributed by atoms with Gasteiger partial charge in [-0.25, -0.2) is 4.79 Å². The predicted molar refractivity (Wildman–Crippen MR) is 73.4 cm³/mol. The molecule has 0 bridgehead atoms. The van der Waals surface area contributed by atoms with Crippen LogP contribution in [0.4, 0.5) is 0 Å². The third-order valence-electron chi connectivity index (χ3n) is 3.56. The van der Waals surface area contributed by atoms with Crippen molar-refractivity contribution < 1.29 is 19.8 Å². The molecule has 0 saturated carbocycles. The molecule has 0 aromatic heterocycles. The molecule has 1 aliphatic carbocycles. The molecule has 0 saturated heterocycles. The number of hydrogen-bond donors (Lipinski definition) is 3. The molecule has 0 heterocycles. The number of aliphatic hydroxyl groups excluding tert-OH is 1. The lowest BCUT2D eigenvalue weighted by atomic mass is 9.90. The van der Waals surface area contributed by atoms with E-state index in [0.717, 1.165) is 18.4 Å². The number of carboxylic acid groups (broad SMARTS) is 1. The Bertz CT molecular complexity index is 513. The van der Waals surface area contributed by atoms with E-state index in [1.807, 2.05) is 6.07 Å². The Kier molecular flexibility index (Phi) is 4.74. The Balaban J connectivity index is 1.89. The van der Waals surface area contributed by atoms with Gasteiger partial charge in [0.1, 0.15) is 0 Å². The molecular formula is C15H19NO4. The second kappa shape index (κ2) is 6.52. The number of rotatable bonds is 5. The van der Waals surface area contributed by atoms with Crippen LogP contribution in [-0.2, 0) is 28.9 Å². The Morgan fingerprint density at radius 3 is 2.60 bits per heavy atom. The summed E-state index contributed by atoms with van der Waals surface area (Å²) in [6.45, 7) is -0.265. The molecule has 1 amide bonds. The molecule has 2 rings (SSSR count). The summed E-state index contributed by atoms with van der Waals surface area (Å²) in [6, 6.07) is 6.07. The summed E-state index contributed by atoms with van der Waals surface area (Å²) in [4.78, 5) is 22.1. The van der Waals surface area contributed by atoms with E-state index >= 15 is 0 Å². The average molecular weight is 277 g/mol. The molecule has 5 nitrogen and oxygen atoms in total. The molecule has 20 heavy (non-hydrogen) atoms. The van der Waals surface area contributed by atoms with Crippen molar-refractivity contribution >= 4 is 11.9 Å². The van der Waals surface area contributed by atoms with E-state index in [9.17, 15) is 9.59 Å². The van der Waals surface area contributed by atoms with Gasteiger partial charge in [-0.3, -0.25) is 4.79 Å². The fraction of sp³-hybridized carbons (Fsp3) is 0.467. The second-order valence-electron chi connectivity index (χ2n) is 5.15.